The van der Waals surface area contributed by atoms with E-state index in [-0.39, 0.29) is 12.4 Å². The molecular formula is C16H15BF4O4. The molecule has 0 spiro atoms. The van der Waals surface area contributed by atoms with Gasteiger partial charge in [0.1, 0.15) is 0 Å². The SMILES string of the molecule is COCCCOc1ccc(-c2ccc(B(O)O)c(F)c2F)c(F)c1F. The van der Waals surface area contributed by atoms with E-state index >= 15 is 0 Å². The summed E-state index contributed by atoms with van der Waals surface area (Å²) in [5.74, 6) is -6.16. The van der Waals surface area contributed by atoms with Crippen LogP contribution in [0.15, 0.2) is 24.3 Å². The van der Waals surface area contributed by atoms with E-state index in [1.54, 1.807) is 0 Å². The second kappa shape index (κ2) is 8.33. The minimum Gasteiger partial charge on any atom is -0.490 e. The lowest BCUT2D eigenvalue weighted by molar-refractivity contribution is 0.170. The molecule has 0 aromatic heterocycles. The molecule has 134 valence electrons. The topological polar surface area (TPSA) is 58.9 Å². The predicted molar refractivity (Wildman–Crippen MR) is 83.5 cm³/mol. The fourth-order valence-electron chi connectivity index (χ4n) is 2.21. The highest BCUT2D eigenvalue weighted by molar-refractivity contribution is 6.58. The van der Waals surface area contributed by atoms with Gasteiger partial charge in [-0.1, -0.05) is 12.1 Å². The van der Waals surface area contributed by atoms with Gasteiger partial charge in [0.15, 0.2) is 23.2 Å². The summed E-state index contributed by atoms with van der Waals surface area (Å²) in [4.78, 5) is 0. The highest BCUT2D eigenvalue weighted by atomic mass is 19.2. The van der Waals surface area contributed by atoms with Crippen LogP contribution in [0.2, 0.25) is 0 Å². The normalized spacial score (nSPS) is 10.8. The van der Waals surface area contributed by atoms with Crippen LogP contribution in [-0.4, -0.2) is 37.5 Å². The van der Waals surface area contributed by atoms with Crippen molar-refractivity contribution in [3.8, 4) is 16.9 Å². The summed E-state index contributed by atoms with van der Waals surface area (Å²) in [5, 5.41) is 17.9. The van der Waals surface area contributed by atoms with Crippen molar-refractivity contribution < 1.29 is 37.1 Å². The first kappa shape index (κ1) is 19.2. The van der Waals surface area contributed by atoms with Crippen LogP contribution in [0.25, 0.3) is 11.1 Å². The van der Waals surface area contributed by atoms with Crippen molar-refractivity contribution in [2.45, 2.75) is 6.42 Å². The smallest absolute Gasteiger partial charge is 0.490 e. The maximum Gasteiger partial charge on any atom is 0.491 e. The van der Waals surface area contributed by atoms with E-state index in [9.17, 15) is 17.6 Å². The summed E-state index contributed by atoms with van der Waals surface area (Å²) < 4.78 is 66.1. The van der Waals surface area contributed by atoms with Gasteiger partial charge in [0.25, 0.3) is 0 Å². The van der Waals surface area contributed by atoms with Crippen molar-refractivity contribution in [1.82, 2.24) is 0 Å². The molecule has 0 saturated heterocycles. The van der Waals surface area contributed by atoms with Gasteiger partial charge in [-0.3, -0.25) is 0 Å². The van der Waals surface area contributed by atoms with Crippen molar-refractivity contribution in [3.05, 3.63) is 47.5 Å². The van der Waals surface area contributed by atoms with Gasteiger partial charge in [-0.25, -0.2) is 13.2 Å². The Morgan fingerprint density at radius 1 is 0.840 bits per heavy atom. The molecule has 0 aliphatic heterocycles. The lowest BCUT2D eigenvalue weighted by Crippen LogP contribution is -2.33. The maximum atomic E-state index is 14.2. The van der Waals surface area contributed by atoms with E-state index in [1.165, 1.54) is 7.11 Å². The zero-order chi connectivity index (χ0) is 18.6. The molecule has 0 atom stereocenters. The third-order valence-electron chi connectivity index (χ3n) is 3.48. The molecule has 4 nitrogen and oxygen atoms in total. The highest BCUT2D eigenvalue weighted by Crippen LogP contribution is 2.31. The van der Waals surface area contributed by atoms with E-state index in [0.29, 0.717) is 13.0 Å². The van der Waals surface area contributed by atoms with E-state index in [1.807, 2.05) is 0 Å². The van der Waals surface area contributed by atoms with Crippen LogP contribution < -0.4 is 10.2 Å². The summed E-state index contributed by atoms with van der Waals surface area (Å²) in [7, 11) is -0.739. The van der Waals surface area contributed by atoms with Crippen LogP contribution in [-0.2, 0) is 4.74 Å². The Bertz CT molecular complexity index is 755. The van der Waals surface area contributed by atoms with Crippen LogP contribution in [0.1, 0.15) is 6.42 Å². The molecule has 0 fully saturated rings. The number of halogens is 4. The Morgan fingerprint density at radius 3 is 2.04 bits per heavy atom. The summed E-state index contributed by atoms with van der Waals surface area (Å²) in [6.07, 6.45) is 0.462. The Balaban J connectivity index is 2.35. The van der Waals surface area contributed by atoms with Crippen LogP contribution in [0.5, 0.6) is 5.75 Å². The monoisotopic (exact) mass is 358 g/mol. The van der Waals surface area contributed by atoms with Gasteiger partial charge < -0.3 is 19.5 Å². The molecule has 0 saturated carbocycles. The van der Waals surface area contributed by atoms with Gasteiger partial charge in [-0.05, 0) is 12.1 Å². The molecule has 0 aliphatic carbocycles. The first-order valence-electron chi connectivity index (χ1n) is 7.32. The number of rotatable bonds is 7. The van der Waals surface area contributed by atoms with Gasteiger partial charge in [-0.15, -0.1) is 0 Å². The van der Waals surface area contributed by atoms with Gasteiger partial charge in [0.05, 0.1) is 6.61 Å². The van der Waals surface area contributed by atoms with Gasteiger partial charge >= 0.3 is 7.12 Å². The molecule has 0 heterocycles. The fraction of sp³-hybridized carbons (Fsp3) is 0.250. The van der Waals surface area contributed by atoms with Crippen molar-refractivity contribution in [1.29, 1.82) is 0 Å². The molecule has 0 unspecified atom stereocenters. The van der Waals surface area contributed by atoms with Gasteiger partial charge in [0.2, 0.25) is 5.82 Å². The standard InChI is InChI=1S/C16H15BF4O4/c1-24-7-2-8-25-12-6-4-10(14(19)16(12)21)9-3-5-11(17(22)23)15(20)13(9)18/h3-6,22-23H,2,7-8H2,1H3. The summed E-state index contributed by atoms with van der Waals surface area (Å²) >= 11 is 0. The Hall–Kier alpha value is -2.10. The third-order valence-corrected chi connectivity index (χ3v) is 3.48. The van der Waals surface area contributed by atoms with Crippen LogP contribution in [0.3, 0.4) is 0 Å². The molecule has 25 heavy (non-hydrogen) atoms. The Kier molecular flexibility index (Phi) is 6.41. The first-order valence-corrected chi connectivity index (χ1v) is 7.32. The van der Waals surface area contributed by atoms with Crippen LogP contribution in [0, 0.1) is 23.3 Å². The van der Waals surface area contributed by atoms with E-state index < -0.39 is 47.0 Å². The molecule has 0 aliphatic rings. The molecular weight excluding hydrogens is 343 g/mol. The van der Waals surface area contributed by atoms with E-state index in [2.05, 4.69) is 0 Å². The molecule has 2 aromatic carbocycles. The van der Waals surface area contributed by atoms with Crippen molar-refractivity contribution in [2.75, 3.05) is 20.3 Å². The molecule has 0 bridgehead atoms. The lowest BCUT2D eigenvalue weighted by Gasteiger charge is -2.12. The van der Waals surface area contributed by atoms with Crippen LogP contribution >= 0.6 is 0 Å². The first-order chi connectivity index (χ1) is 11.9. The van der Waals surface area contributed by atoms with Gasteiger partial charge in [-0.2, -0.15) is 4.39 Å². The zero-order valence-electron chi connectivity index (χ0n) is 13.2. The molecule has 2 rings (SSSR count). The third kappa shape index (κ3) is 4.12. The second-order valence-electron chi connectivity index (χ2n) is 5.14. The fourth-order valence-corrected chi connectivity index (χ4v) is 2.21. The number of ether oxygens (including phenoxy) is 2. The summed E-state index contributed by atoms with van der Waals surface area (Å²) in [5.41, 5.74) is -1.78. The van der Waals surface area contributed by atoms with Crippen molar-refractivity contribution in [2.24, 2.45) is 0 Å². The number of benzene rings is 2. The number of hydrogen-bond acceptors (Lipinski definition) is 4. The molecule has 2 aromatic rings. The summed E-state index contributed by atoms with van der Waals surface area (Å²) in [6, 6.07) is 3.97. The number of hydrogen-bond donors (Lipinski definition) is 2. The van der Waals surface area contributed by atoms with Crippen molar-refractivity contribution >= 4 is 12.6 Å². The Labute approximate surface area is 141 Å². The zero-order valence-corrected chi connectivity index (χ0v) is 13.2. The minimum absolute atomic E-state index is 0.0929. The lowest BCUT2D eigenvalue weighted by atomic mass is 9.79. The van der Waals surface area contributed by atoms with Crippen molar-refractivity contribution in [3.63, 3.8) is 0 Å². The Morgan fingerprint density at radius 2 is 1.44 bits per heavy atom. The largest absolute Gasteiger partial charge is 0.491 e. The summed E-state index contributed by atoms with van der Waals surface area (Å²) in [6.45, 7) is 0.478. The van der Waals surface area contributed by atoms with Crippen LogP contribution in [0.4, 0.5) is 17.6 Å². The molecule has 0 amide bonds. The molecule has 2 N–H and O–H groups in total. The molecule has 0 radical (unpaired) electrons. The molecule has 9 heteroatoms. The predicted octanol–water partition coefficient (Wildman–Crippen LogP) is 2.01. The quantitative estimate of drug-likeness (QED) is 0.452. The second-order valence-corrected chi connectivity index (χ2v) is 5.14. The van der Waals surface area contributed by atoms with Gasteiger partial charge in [0, 0.05) is 36.7 Å². The average Bonchev–Trinajstić information content (AvgIpc) is 2.58. The highest BCUT2D eigenvalue weighted by Gasteiger charge is 2.24. The minimum atomic E-state index is -2.23. The average molecular weight is 358 g/mol. The maximum absolute atomic E-state index is 14.2. The van der Waals surface area contributed by atoms with E-state index in [0.717, 1.165) is 24.3 Å². The number of methoxy groups -OCH3 is 1. The van der Waals surface area contributed by atoms with E-state index in [4.69, 9.17) is 19.5 Å².